The molecule has 162 valence electrons. The zero-order chi connectivity index (χ0) is 21.8. The molecule has 0 spiro atoms. The fraction of sp³-hybridized carbons (Fsp3) is 0.261. The number of halogens is 1. The van der Waals surface area contributed by atoms with Gasteiger partial charge in [-0.05, 0) is 35.0 Å². The van der Waals surface area contributed by atoms with E-state index in [0.29, 0.717) is 36.8 Å². The van der Waals surface area contributed by atoms with E-state index in [-0.39, 0.29) is 18.2 Å². The Hall–Kier alpha value is -2.61. The monoisotopic (exact) mass is 457 g/mol. The fourth-order valence-corrected chi connectivity index (χ4v) is 5.36. The second-order valence-corrected chi connectivity index (χ2v) is 9.97. The van der Waals surface area contributed by atoms with Crippen LogP contribution in [0.25, 0.3) is 10.8 Å². The van der Waals surface area contributed by atoms with Crippen molar-refractivity contribution in [2.24, 2.45) is 0 Å². The number of amides is 1. The van der Waals surface area contributed by atoms with Gasteiger partial charge in [0.05, 0.1) is 16.5 Å². The molecule has 8 heteroatoms. The van der Waals surface area contributed by atoms with E-state index in [9.17, 15) is 13.2 Å². The Labute approximate surface area is 187 Å². The van der Waals surface area contributed by atoms with Crippen LogP contribution in [0, 0.1) is 0 Å². The topological polar surface area (TPSA) is 69.7 Å². The van der Waals surface area contributed by atoms with E-state index in [1.807, 2.05) is 60.7 Å². The van der Waals surface area contributed by atoms with Crippen molar-refractivity contribution in [2.45, 2.75) is 0 Å². The number of rotatable bonds is 6. The number of fused-ring (bicyclic) bond motifs is 1. The van der Waals surface area contributed by atoms with Gasteiger partial charge in [-0.1, -0.05) is 54.1 Å². The maximum atomic E-state index is 12.7. The third kappa shape index (κ3) is 5.01. The zero-order valence-electron chi connectivity index (χ0n) is 17.0. The molecule has 3 aromatic carbocycles. The summed E-state index contributed by atoms with van der Waals surface area (Å²) in [5, 5.41) is 5.42. The van der Waals surface area contributed by atoms with Gasteiger partial charge in [-0.3, -0.25) is 4.79 Å². The molecule has 1 N–H and O–H groups in total. The predicted octanol–water partition coefficient (Wildman–Crippen LogP) is 3.38. The lowest BCUT2D eigenvalue weighted by molar-refractivity contribution is 0.0956. The molecule has 1 saturated heterocycles. The molecule has 1 aliphatic heterocycles. The summed E-state index contributed by atoms with van der Waals surface area (Å²) in [5.74, 6) is -0.400. The second kappa shape index (κ2) is 9.26. The highest BCUT2D eigenvalue weighted by Crippen LogP contribution is 2.26. The minimum absolute atomic E-state index is 0.0682. The van der Waals surface area contributed by atoms with Crippen LogP contribution in [0.2, 0.25) is 5.02 Å². The van der Waals surface area contributed by atoms with Gasteiger partial charge in [0, 0.05) is 38.3 Å². The molecular formula is C23H24ClN3O3S. The summed E-state index contributed by atoms with van der Waals surface area (Å²) in [7, 11) is -3.45. The van der Waals surface area contributed by atoms with Crippen LogP contribution in [-0.2, 0) is 10.0 Å². The Morgan fingerprint density at radius 1 is 0.903 bits per heavy atom. The first-order chi connectivity index (χ1) is 14.9. The Balaban J connectivity index is 1.30. The third-order valence-corrected chi connectivity index (χ3v) is 7.67. The standard InChI is InChI=1S/C23H24ClN3O3S/c24-21-7-3-4-8-22(21)26-12-14-27(15-13-26)31(29,30)16-11-25-23(28)20-10-9-18-5-1-2-6-19(18)17-20/h1-10,17H,11-16H2,(H,25,28). The smallest absolute Gasteiger partial charge is 0.251 e. The van der Waals surface area contributed by atoms with Crippen molar-refractivity contribution in [3.8, 4) is 0 Å². The highest BCUT2D eigenvalue weighted by Gasteiger charge is 2.27. The summed E-state index contributed by atoms with van der Waals surface area (Å²) in [6.45, 7) is 2.01. The second-order valence-electron chi connectivity index (χ2n) is 7.47. The number of hydrogen-bond donors (Lipinski definition) is 1. The number of anilines is 1. The highest BCUT2D eigenvalue weighted by molar-refractivity contribution is 7.89. The molecular weight excluding hydrogens is 434 g/mol. The van der Waals surface area contributed by atoms with Gasteiger partial charge in [-0.25, -0.2) is 8.42 Å². The summed E-state index contributed by atoms with van der Waals surface area (Å²) in [6, 6.07) is 20.8. The van der Waals surface area contributed by atoms with E-state index >= 15 is 0 Å². The van der Waals surface area contributed by atoms with Crippen molar-refractivity contribution in [3.63, 3.8) is 0 Å². The Morgan fingerprint density at radius 2 is 1.58 bits per heavy atom. The maximum absolute atomic E-state index is 12.7. The maximum Gasteiger partial charge on any atom is 0.251 e. The van der Waals surface area contributed by atoms with Crippen LogP contribution < -0.4 is 10.2 Å². The van der Waals surface area contributed by atoms with Crippen molar-refractivity contribution in [3.05, 3.63) is 77.3 Å². The van der Waals surface area contributed by atoms with Gasteiger partial charge in [-0.2, -0.15) is 4.31 Å². The fourth-order valence-electron chi connectivity index (χ4n) is 3.77. The third-order valence-electron chi connectivity index (χ3n) is 5.48. The molecule has 0 saturated carbocycles. The van der Waals surface area contributed by atoms with Crippen molar-refractivity contribution in [1.82, 2.24) is 9.62 Å². The van der Waals surface area contributed by atoms with E-state index < -0.39 is 10.0 Å². The van der Waals surface area contributed by atoms with Crippen LogP contribution in [0.5, 0.6) is 0 Å². The SMILES string of the molecule is O=C(NCCS(=O)(=O)N1CCN(c2ccccc2Cl)CC1)c1ccc2ccccc2c1. The highest BCUT2D eigenvalue weighted by atomic mass is 35.5. The Bertz CT molecular complexity index is 1190. The molecule has 31 heavy (non-hydrogen) atoms. The number of nitrogens with zero attached hydrogens (tertiary/aromatic N) is 2. The van der Waals surface area contributed by atoms with Crippen molar-refractivity contribution >= 4 is 44.0 Å². The molecule has 0 bridgehead atoms. The minimum Gasteiger partial charge on any atom is -0.368 e. The Kier molecular flexibility index (Phi) is 6.46. The number of piperazine rings is 1. The first kappa shape index (κ1) is 21.6. The molecule has 4 rings (SSSR count). The number of hydrogen-bond acceptors (Lipinski definition) is 4. The van der Waals surface area contributed by atoms with Crippen LogP contribution >= 0.6 is 11.6 Å². The van der Waals surface area contributed by atoms with Gasteiger partial charge in [0.15, 0.2) is 0 Å². The molecule has 0 aliphatic carbocycles. The molecule has 3 aromatic rings. The molecule has 0 aromatic heterocycles. The van der Waals surface area contributed by atoms with Crippen LogP contribution in [0.15, 0.2) is 66.7 Å². The number of nitrogens with one attached hydrogen (secondary N) is 1. The minimum atomic E-state index is -3.45. The van der Waals surface area contributed by atoms with Crippen molar-refractivity contribution in [1.29, 1.82) is 0 Å². The molecule has 1 amide bonds. The first-order valence-corrected chi connectivity index (χ1v) is 12.2. The van der Waals surface area contributed by atoms with Crippen LogP contribution in [0.3, 0.4) is 0 Å². The van der Waals surface area contributed by atoms with Crippen LogP contribution in [-0.4, -0.2) is 57.1 Å². The quantitative estimate of drug-likeness (QED) is 0.616. The zero-order valence-corrected chi connectivity index (χ0v) is 18.6. The van der Waals surface area contributed by atoms with E-state index in [2.05, 4.69) is 10.2 Å². The summed E-state index contributed by atoms with van der Waals surface area (Å²) >= 11 is 6.25. The summed E-state index contributed by atoms with van der Waals surface area (Å²) < 4.78 is 26.9. The molecule has 1 fully saturated rings. The number of carbonyl (C=O) groups excluding carboxylic acids is 1. The molecule has 1 aliphatic rings. The van der Waals surface area contributed by atoms with E-state index in [4.69, 9.17) is 11.6 Å². The van der Waals surface area contributed by atoms with Crippen LogP contribution in [0.4, 0.5) is 5.69 Å². The van der Waals surface area contributed by atoms with E-state index in [1.54, 1.807) is 6.07 Å². The van der Waals surface area contributed by atoms with Gasteiger partial charge in [-0.15, -0.1) is 0 Å². The number of benzene rings is 3. The number of carbonyl (C=O) groups is 1. The number of sulfonamides is 1. The van der Waals surface area contributed by atoms with Crippen LogP contribution in [0.1, 0.15) is 10.4 Å². The average molecular weight is 458 g/mol. The van der Waals surface area contributed by atoms with Crippen molar-refractivity contribution < 1.29 is 13.2 Å². The summed E-state index contributed by atoms with van der Waals surface area (Å²) in [4.78, 5) is 14.5. The lowest BCUT2D eigenvalue weighted by Gasteiger charge is -2.35. The van der Waals surface area contributed by atoms with Crippen molar-refractivity contribution in [2.75, 3.05) is 43.4 Å². The molecule has 0 unspecified atom stereocenters. The first-order valence-electron chi connectivity index (χ1n) is 10.2. The average Bonchev–Trinajstić information content (AvgIpc) is 2.79. The Morgan fingerprint density at radius 3 is 2.32 bits per heavy atom. The largest absolute Gasteiger partial charge is 0.368 e. The normalized spacial score (nSPS) is 15.2. The van der Waals surface area contributed by atoms with E-state index in [0.717, 1.165) is 16.5 Å². The van der Waals surface area contributed by atoms with Gasteiger partial charge >= 0.3 is 0 Å². The van der Waals surface area contributed by atoms with E-state index in [1.165, 1.54) is 4.31 Å². The summed E-state index contributed by atoms with van der Waals surface area (Å²) in [5.41, 5.74) is 1.44. The predicted molar refractivity (Wildman–Crippen MR) is 125 cm³/mol. The van der Waals surface area contributed by atoms with Gasteiger partial charge in [0.1, 0.15) is 0 Å². The lowest BCUT2D eigenvalue weighted by atomic mass is 10.1. The molecule has 0 radical (unpaired) electrons. The van der Waals surface area contributed by atoms with Gasteiger partial charge in [0.2, 0.25) is 10.0 Å². The van der Waals surface area contributed by atoms with Gasteiger partial charge < -0.3 is 10.2 Å². The molecule has 1 heterocycles. The van der Waals surface area contributed by atoms with Gasteiger partial charge in [0.25, 0.3) is 5.91 Å². The lowest BCUT2D eigenvalue weighted by Crippen LogP contribution is -2.50. The molecule has 6 nitrogen and oxygen atoms in total. The molecule has 0 atom stereocenters. The number of para-hydroxylation sites is 1. The summed E-state index contributed by atoms with van der Waals surface area (Å²) in [6.07, 6.45) is 0.